The highest BCUT2D eigenvalue weighted by atomic mass is 35.7. The summed E-state index contributed by atoms with van der Waals surface area (Å²) in [6.45, 7) is 0. The minimum absolute atomic E-state index is 0.186. The van der Waals surface area contributed by atoms with Crippen molar-refractivity contribution in [1.29, 1.82) is 0 Å². The average molecular weight is 228 g/mol. The van der Waals surface area contributed by atoms with Crippen LogP contribution in [-0.2, 0) is 9.05 Å². The molecule has 0 saturated carbocycles. The number of aromatic nitrogens is 1. The molecule has 7 heteroatoms. The van der Waals surface area contributed by atoms with Crippen LogP contribution in [0.15, 0.2) is 22.0 Å². The fraction of sp³-hybridized carbons (Fsp3) is 0. The van der Waals surface area contributed by atoms with E-state index >= 15 is 0 Å². The van der Waals surface area contributed by atoms with E-state index < -0.39 is 14.6 Å². The Labute approximate surface area is 77.5 Å². The molecular formula is C5H3Cl2NO3S. The topological polar surface area (TPSA) is 67.0 Å². The van der Waals surface area contributed by atoms with Crippen molar-refractivity contribution in [3.63, 3.8) is 0 Å². The van der Waals surface area contributed by atoms with Gasteiger partial charge in [-0.25, -0.2) is 8.42 Å². The van der Waals surface area contributed by atoms with Gasteiger partial charge in [0, 0.05) is 22.9 Å². The fourth-order valence-corrected chi connectivity index (χ4v) is 2.07. The maximum absolute atomic E-state index is 10.7. The minimum Gasteiger partial charge on any atom is -0.328 e. The maximum Gasteiger partial charge on any atom is 0.264 e. The molecule has 66 valence electrons. The van der Waals surface area contributed by atoms with E-state index in [9.17, 15) is 13.2 Å². The third kappa shape index (κ3) is 2.00. The van der Waals surface area contributed by atoms with Crippen molar-refractivity contribution < 1.29 is 8.42 Å². The summed E-state index contributed by atoms with van der Waals surface area (Å²) < 4.78 is 21.4. The van der Waals surface area contributed by atoms with Gasteiger partial charge in [0.05, 0.1) is 5.02 Å². The van der Waals surface area contributed by atoms with Gasteiger partial charge in [-0.1, -0.05) is 11.6 Å². The molecule has 1 aromatic rings. The maximum atomic E-state index is 10.7. The third-order valence-electron chi connectivity index (χ3n) is 1.10. The van der Waals surface area contributed by atoms with E-state index in [1.165, 1.54) is 0 Å². The van der Waals surface area contributed by atoms with Crippen LogP contribution in [0.1, 0.15) is 0 Å². The number of pyridine rings is 1. The fourth-order valence-electron chi connectivity index (χ4n) is 0.620. The number of aromatic amines is 1. The molecule has 0 bridgehead atoms. The van der Waals surface area contributed by atoms with Gasteiger partial charge < -0.3 is 4.98 Å². The van der Waals surface area contributed by atoms with Crippen molar-refractivity contribution in [3.8, 4) is 0 Å². The van der Waals surface area contributed by atoms with Crippen molar-refractivity contribution >= 4 is 31.3 Å². The average Bonchev–Trinajstić information content (AvgIpc) is 1.83. The van der Waals surface area contributed by atoms with Gasteiger partial charge in [-0.15, -0.1) is 0 Å². The molecule has 1 N–H and O–H groups in total. The van der Waals surface area contributed by atoms with Crippen LogP contribution in [0, 0.1) is 0 Å². The summed E-state index contributed by atoms with van der Waals surface area (Å²) in [5.74, 6) is 0. The lowest BCUT2D eigenvalue weighted by atomic mass is 10.5. The van der Waals surface area contributed by atoms with Crippen LogP contribution in [0.3, 0.4) is 0 Å². The Morgan fingerprint density at radius 2 is 2.00 bits per heavy atom. The van der Waals surface area contributed by atoms with Gasteiger partial charge in [0.1, 0.15) is 4.90 Å². The standard InChI is InChI=1S/C5H3Cl2NO3S/c6-3-1-5(9)8-2-4(3)12(7,10)11/h1-2H,(H,8,9). The van der Waals surface area contributed by atoms with Gasteiger partial charge in [0.25, 0.3) is 9.05 Å². The number of hydrogen-bond donors (Lipinski definition) is 1. The first-order valence-corrected chi connectivity index (χ1v) is 5.43. The SMILES string of the molecule is O=c1cc(Cl)c(S(=O)(=O)Cl)c[nH]1. The van der Waals surface area contributed by atoms with E-state index in [0.717, 1.165) is 12.3 Å². The number of nitrogens with one attached hydrogen (secondary N) is 1. The second kappa shape index (κ2) is 3.08. The molecule has 0 aliphatic heterocycles. The summed E-state index contributed by atoms with van der Waals surface area (Å²) in [7, 11) is 1.10. The van der Waals surface area contributed by atoms with Crippen LogP contribution in [-0.4, -0.2) is 13.4 Å². The normalized spacial score (nSPS) is 11.5. The van der Waals surface area contributed by atoms with Crippen LogP contribution in [0.5, 0.6) is 0 Å². The lowest BCUT2D eigenvalue weighted by molar-refractivity contribution is 0.609. The first-order valence-electron chi connectivity index (χ1n) is 2.74. The number of rotatable bonds is 1. The molecule has 1 rings (SSSR count). The van der Waals surface area contributed by atoms with Crippen molar-refractivity contribution in [2.24, 2.45) is 0 Å². The minimum atomic E-state index is -3.88. The highest BCUT2D eigenvalue weighted by Crippen LogP contribution is 2.21. The van der Waals surface area contributed by atoms with Crippen LogP contribution >= 0.6 is 22.3 Å². The Morgan fingerprint density at radius 3 is 2.42 bits per heavy atom. The molecule has 4 nitrogen and oxygen atoms in total. The molecule has 1 aromatic heterocycles. The van der Waals surface area contributed by atoms with Crippen LogP contribution in [0.25, 0.3) is 0 Å². The molecule has 0 amide bonds. The predicted molar refractivity (Wildman–Crippen MR) is 45.1 cm³/mol. The van der Waals surface area contributed by atoms with E-state index in [1.54, 1.807) is 0 Å². The molecule has 0 radical (unpaired) electrons. The zero-order chi connectivity index (χ0) is 9.35. The molecule has 0 atom stereocenters. The van der Waals surface area contributed by atoms with Gasteiger partial charge in [0.15, 0.2) is 0 Å². The monoisotopic (exact) mass is 227 g/mol. The number of H-pyrrole nitrogens is 1. The van der Waals surface area contributed by atoms with Gasteiger partial charge in [-0.2, -0.15) is 0 Å². The van der Waals surface area contributed by atoms with E-state index in [4.69, 9.17) is 22.3 Å². The van der Waals surface area contributed by atoms with Crippen molar-refractivity contribution in [2.75, 3.05) is 0 Å². The first-order chi connectivity index (χ1) is 5.41. The lowest BCUT2D eigenvalue weighted by Crippen LogP contribution is -2.05. The largest absolute Gasteiger partial charge is 0.328 e. The molecule has 0 unspecified atom stereocenters. The molecule has 0 fully saturated rings. The zero-order valence-electron chi connectivity index (χ0n) is 5.54. The Kier molecular flexibility index (Phi) is 2.46. The van der Waals surface area contributed by atoms with Gasteiger partial charge in [0.2, 0.25) is 5.56 Å². The van der Waals surface area contributed by atoms with Crippen LogP contribution < -0.4 is 5.56 Å². The summed E-state index contributed by atoms with van der Waals surface area (Å²) in [5, 5.41) is -0.186. The van der Waals surface area contributed by atoms with E-state index in [-0.39, 0.29) is 9.92 Å². The predicted octanol–water partition coefficient (Wildman–Crippen LogP) is 0.956. The molecule has 0 aliphatic rings. The number of hydrogen-bond acceptors (Lipinski definition) is 3. The molecular weight excluding hydrogens is 225 g/mol. The van der Waals surface area contributed by atoms with Gasteiger partial charge in [-0.05, 0) is 0 Å². The highest BCUT2D eigenvalue weighted by Gasteiger charge is 2.14. The third-order valence-corrected chi connectivity index (χ3v) is 2.89. The van der Waals surface area contributed by atoms with Crippen LogP contribution in [0.2, 0.25) is 5.02 Å². The molecule has 12 heavy (non-hydrogen) atoms. The molecule has 1 heterocycles. The quantitative estimate of drug-likeness (QED) is 0.727. The van der Waals surface area contributed by atoms with E-state index in [1.807, 2.05) is 0 Å². The highest BCUT2D eigenvalue weighted by molar-refractivity contribution is 8.13. The molecule has 0 saturated heterocycles. The Balaban J connectivity index is 3.49. The number of halogens is 2. The Morgan fingerprint density at radius 1 is 1.42 bits per heavy atom. The van der Waals surface area contributed by atoms with E-state index in [2.05, 4.69) is 4.98 Å². The Hall–Kier alpha value is -0.520. The summed E-state index contributed by atoms with van der Waals surface area (Å²) in [4.78, 5) is 12.4. The second-order valence-electron chi connectivity index (χ2n) is 1.95. The molecule has 0 aromatic carbocycles. The van der Waals surface area contributed by atoms with Crippen molar-refractivity contribution in [1.82, 2.24) is 4.98 Å². The van der Waals surface area contributed by atoms with Gasteiger partial charge in [-0.3, -0.25) is 4.79 Å². The summed E-state index contributed by atoms with van der Waals surface area (Å²) >= 11 is 5.43. The molecule has 0 aliphatic carbocycles. The smallest absolute Gasteiger partial charge is 0.264 e. The summed E-state index contributed by atoms with van der Waals surface area (Å²) in [5.41, 5.74) is -0.482. The summed E-state index contributed by atoms with van der Waals surface area (Å²) in [6.07, 6.45) is 0.951. The van der Waals surface area contributed by atoms with Crippen molar-refractivity contribution in [3.05, 3.63) is 27.6 Å². The second-order valence-corrected chi connectivity index (χ2v) is 4.89. The van der Waals surface area contributed by atoms with Gasteiger partial charge >= 0.3 is 0 Å². The van der Waals surface area contributed by atoms with E-state index in [0.29, 0.717) is 0 Å². The zero-order valence-corrected chi connectivity index (χ0v) is 7.87. The molecule has 0 spiro atoms. The Bertz CT molecular complexity index is 450. The summed E-state index contributed by atoms with van der Waals surface area (Å²) in [6, 6.07) is 0.941. The van der Waals surface area contributed by atoms with Crippen LogP contribution in [0.4, 0.5) is 0 Å². The first kappa shape index (κ1) is 9.57. The lowest BCUT2D eigenvalue weighted by Gasteiger charge is -1.96. The van der Waals surface area contributed by atoms with Crippen molar-refractivity contribution in [2.45, 2.75) is 4.90 Å².